The van der Waals surface area contributed by atoms with Crippen LogP contribution in [-0.2, 0) is 16.0 Å². The van der Waals surface area contributed by atoms with E-state index in [0.717, 1.165) is 45.2 Å². The second-order valence-electron chi connectivity index (χ2n) is 8.54. The largest absolute Gasteiger partial charge is 0.372 e. The highest BCUT2D eigenvalue weighted by molar-refractivity contribution is 6.35. The Morgan fingerprint density at radius 3 is 2.17 bits per heavy atom. The Balaban J connectivity index is 1.29. The Morgan fingerprint density at radius 1 is 0.800 bits per heavy atom. The van der Waals surface area contributed by atoms with Crippen molar-refractivity contribution in [3.05, 3.63) is 41.5 Å². The highest BCUT2D eigenvalue weighted by Gasteiger charge is 2.13. The number of rotatable bonds is 8. The van der Waals surface area contributed by atoms with Crippen LogP contribution in [0.3, 0.4) is 0 Å². The van der Waals surface area contributed by atoms with Crippen molar-refractivity contribution in [3.8, 4) is 0 Å². The fraction of sp³-hybridized carbons (Fsp3) is 0.600. The molecule has 0 radical (unpaired) electrons. The zero-order chi connectivity index (χ0) is 21.0. The molecule has 1 aromatic rings. The molecule has 5 nitrogen and oxygen atoms in total. The molecular formula is C25H37N3O2. The average molecular weight is 412 g/mol. The SMILES string of the molecule is O=C(NCCCc1ccc(N2CCCCCC2)cc1)C(=O)NCCC1=CCCCC1. The minimum absolute atomic E-state index is 0.519. The second kappa shape index (κ2) is 12.4. The number of allylic oxidation sites excluding steroid dienone is 1. The molecule has 0 unspecified atom stereocenters. The predicted octanol–water partition coefficient (Wildman–Crippen LogP) is 4.12. The van der Waals surface area contributed by atoms with E-state index in [1.807, 2.05) is 0 Å². The predicted molar refractivity (Wildman–Crippen MR) is 123 cm³/mol. The van der Waals surface area contributed by atoms with Gasteiger partial charge in [-0.2, -0.15) is 0 Å². The molecule has 0 spiro atoms. The van der Waals surface area contributed by atoms with Crippen molar-refractivity contribution in [2.24, 2.45) is 0 Å². The number of amides is 2. The zero-order valence-electron chi connectivity index (χ0n) is 18.3. The smallest absolute Gasteiger partial charge is 0.309 e. The van der Waals surface area contributed by atoms with Crippen molar-refractivity contribution in [2.45, 2.75) is 70.6 Å². The molecule has 0 bridgehead atoms. The number of carbonyl (C=O) groups excluding carboxylic acids is 2. The van der Waals surface area contributed by atoms with E-state index in [1.165, 1.54) is 55.3 Å². The molecule has 1 aliphatic carbocycles. The summed E-state index contributed by atoms with van der Waals surface area (Å²) in [6, 6.07) is 8.81. The molecule has 30 heavy (non-hydrogen) atoms. The Hall–Kier alpha value is -2.30. The van der Waals surface area contributed by atoms with Crippen LogP contribution in [0.15, 0.2) is 35.9 Å². The summed E-state index contributed by atoms with van der Waals surface area (Å²) in [6.07, 6.45) is 14.9. The summed E-state index contributed by atoms with van der Waals surface area (Å²) >= 11 is 0. The number of nitrogens with zero attached hydrogens (tertiary/aromatic N) is 1. The van der Waals surface area contributed by atoms with Gasteiger partial charge in [-0.3, -0.25) is 9.59 Å². The highest BCUT2D eigenvalue weighted by atomic mass is 16.2. The Kier molecular flexibility index (Phi) is 9.26. The lowest BCUT2D eigenvalue weighted by atomic mass is 9.97. The second-order valence-corrected chi connectivity index (χ2v) is 8.54. The summed E-state index contributed by atoms with van der Waals surface area (Å²) < 4.78 is 0. The topological polar surface area (TPSA) is 61.4 Å². The molecule has 5 heteroatoms. The van der Waals surface area contributed by atoms with Gasteiger partial charge in [-0.05, 0) is 75.5 Å². The van der Waals surface area contributed by atoms with E-state index in [4.69, 9.17) is 0 Å². The van der Waals surface area contributed by atoms with Gasteiger partial charge in [0.05, 0.1) is 0 Å². The van der Waals surface area contributed by atoms with Crippen molar-refractivity contribution in [3.63, 3.8) is 0 Å². The molecule has 2 N–H and O–H groups in total. The van der Waals surface area contributed by atoms with E-state index in [1.54, 1.807) is 0 Å². The molecule has 0 saturated carbocycles. The molecule has 0 atom stereocenters. The molecule has 3 rings (SSSR count). The molecule has 1 aliphatic heterocycles. The zero-order valence-corrected chi connectivity index (χ0v) is 18.3. The number of carbonyl (C=O) groups is 2. The van der Waals surface area contributed by atoms with Gasteiger partial charge in [0.15, 0.2) is 0 Å². The molecule has 0 aromatic heterocycles. The Bertz CT molecular complexity index is 704. The van der Waals surface area contributed by atoms with Gasteiger partial charge in [0.25, 0.3) is 0 Å². The van der Waals surface area contributed by atoms with Crippen molar-refractivity contribution in [1.29, 1.82) is 0 Å². The summed E-state index contributed by atoms with van der Waals surface area (Å²) in [5.74, 6) is -1.04. The van der Waals surface area contributed by atoms with Crippen LogP contribution in [0.1, 0.15) is 69.8 Å². The first-order chi connectivity index (χ1) is 14.7. The quantitative estimate of drug-likeness (QED) is 0.384. The lowest BCUT2D eigenvalue weighted by Crippen LogP contribution is -2.40. The van der Waals surface area contributed by atoms with Gasteiger partial charge in [0.2, 0.25) is 0 Å². The first-order valence-corrected chi connectivity index (χ1v) is 11.8. The highest BCUT2D eigenvalue weighted by Crippen LogP contribution is 2.21. The van der Waals surface area contributed by atoms with Gasteiger partial charge in [-0.25, -0.2) is 0 Å². The minimum Gasteiger partial charge on any atom is -0.372 e. The van der Waals surface area contributed by atoms with E-state index < -0.39 is 11.8 Å². The third kappa shape index (κ3) is 7.51. The fourth-order valence-electron chi connectivity index (χ4n) is 4.33. The van der Waals surface area contributed by atoms with Crippen molar-refractivity contribution < 1.29 is 9.59 Å². The summed E-state index contributed by atoms with van der Waals surface area (Å²) in [7, 11) is 0. The Labute approximate surface area is 181 Å². The van der Waals surface area contributed by atoms with Crippen LogP contribution in [-0.4, -0.2) is 38.0 Å². The summed E-state index contributed by atoms with van der Waals surface area (Å²) in [5, 5.41) is 5.47. The standard InChI is InChI=1S/C25H37N3O2/c29-24(25(30)27-18-16-21-9-4-3-5-10-21)26-17-8-11-22-12-14-23(15-13-22)28-19-6-1-2-7-20-28/h9,12-15H,1-8,10-11,16-20H2,(H,26,29)(H,27,30). The normalized spacial score (nSPS) is 17.1. The molecule has 2 aliphatic rings. The van der Waals surface area contributed by atoms with Gasteiger partial charge in [0, 0.05) is 31.9 Å². The van der Waals surface area contributed by atoms with E-state index >= 15 is 0 Å². The van der Waals surface area contributed by atoms with Crippen molar-refractivity contribution >= 4 is 17.5 Å². The monoisotopic (exact) mass is 411 g/mol. The number of hydrogen-bond acceptors (Lipinski definition) is 3. The number of benzene rings is 1. The first kappa shape index (κ1) is 22.4. The van der Waals surface area contributed by atoms with E-state index in [0.29, 0.717) is 13.1 Å². The molecule has 1 heterocycles. The fourth-order valence-corrected chi connectivity index (χ4v) is 4.33. The van der Waals surface area contributed by atoms with E-state index in [-0.39, 0.29) is 0 Å². The summed E-state index contributed by atoms with van der Waals surface area (Å²) in [6.45, 7) is 3.38. The third-order valence-corrected chi connectivity index (χ3v) is 6.16. The van der Waals surface area contributed by atoms with Gasteiger partial charge in [-0.1, -0.05) is 36.6 Å². The van der Waals surface area contributed by atoms with Crippen LogP contribution in [0.4, 0.5) is 5.69 Å². The van der Waals surface area contributed by atoms with Crippen LogP contribution in [0, 0.1) is 0 Å². The van der Waals surface area contributed by atoms with Gasteiger partial charge in [0.1, 0.15) is 0 Å². The van der Waals surface area contributed by atoms with Gasteiger partial charge in [-0.15, -0.1) is 0 Å². The van der Waals surface area contributed by atoms with Crippen molar-refractivity contribution in [2.75, 3.05) is 31.1 Å². The summed E-state index contributed by atoms with van der Waals surface area (Å²) in [4.78, 5) is 26.3. The molecule has 1 aromatic carbocycles. The lowest BCUT2D eigenvalue weighted by molar-refractivity contribution is -0.139. The number of anilines is 1. The molecule has 164 valence electrons. The average Bonchev–Trinajstić information content (AvgIpc) is 3.07. The molecule has 1 saturated heterocycles. The van der Waals surface area contributed by atoms with Crippen LogP contribution in [0.25, 0.3) is 0 Å². The van der Waals surface area contributed by atoms with Crippen LogP contribution >= 0.6 is 0 Å². The molecular weight excluding hydrogens is 374 g/mol. The minimum atomic E-state index is -0.524. The number of hydrogen-bond donors (Lipinski definition) is 2. The molecule has 2 amide bonds. The molecule has 1 fully saturated rings. The first-order valence-electron chi connectivity index (χ1n) is 11.8. The maximum atomic E-state index is 11.9. The number of nitrogens with one attached hydrogen (secondary N) is 2. The van der Waals surface area contributed by atoms with Crippen LogP contribution < -0.4 is 15.5 Å². The van der Waals surface area contributed by atoms with Crippen LogP contribution in [0.2, 0.25) is 0 Å². The van der Waals surface area contributed by atoms with Gasteiger partial charge < -0.3 is 15.5 Å². The summed E-state index contributed by atoms with van der Waals surface area (Å²) in [5.41, 5.74) is 3.99. The Morgan fingerprint density at radius 2 is 1.50 bits per heavy atom. The van der Waals surface area contributed by atoms with Crippen LogP contribution in [0.5, 0.6) is 0 Å². The lowest BCUT2D eigenvalue weighted by Gasteiger charge is -2.22. The maximum Gasteiger partial charge on any atom is 0.309 e. The number of aryl methyl sites for hydroxylation is 1. The van der Waals surface area contributed by atoms with Gasteiger partial charge >= 0.3 is 11.8 Å². The van der Waals surface area contributed by atoms with Crippen molar-refractivity contribution in [1.82, 2.24) is 10.6 Å². The maximum absolute atomic E-state index is 11.9. The third-order valence-electron chi connectivity index (χ3n) is 6.16. The van der Waals surface area contributed by atoms with E-state index in [9.17, 15) is 9.59 Å². The van der Waals surface area contributed by atoms with E-state index in [2.05, 4.69) is 45.9 Å².